The van der Waals surface area contributed by atoms with E-state index < -0.39 is 0 Å². The van der Waals surface area contributed by atoms with Gasteiger partial charge in [-0.3, -0.25) is 4.57 Å². The second kappa shape index (κ2) is 19.3. The molecule has 10 aromatic carbocycles. The molecule has 81 heavy (non-hydrogen) atoms. The summed E-state index contributed by atoms with van der Waals surface area (Å²) in [4.78, 5) is 10.3. The van der Waals surface area contributed by atoms with Gasteiger partial charge in [0.05, 0.1) is 33.4 Å². The van der Waals surface area contributed by atoms with E-state index in [9.17, 15) is 0 Å². The highest BCUT2D eigenvalue weighted by Crippen LogP contribution is 2.51. The summed E-state index contributed by atoms with van der Waals surface area (Å²) in [6.45, 7) is 16.7. The first kappa shape index (κ1) is 49.6. The van der Waals surface area contributed by atoms with Crippen molar-refractivity contribution < 1.29 is 4.74 Å². The predicted molar refractivity (Wildman–Crippen MR) is 340 cm³/mol. The largest absolute Gasteiger partial charge is 0.457 e. The Morgan fingerprint density at radius 2 is 0.988 bits per heavy atom. The van der Waals surface area contributed by atoms with Gasteiger partial charge in [0.2, 0.25) is 0 Å². The molecule has 0 amide bonds. The maximum Gasteiger partial charge on any atom is 0.137 e. The molecule has 1 aliphatic rings. The van der Waals surface area contributed by atoms with Gasteiger partial charge in [0.15, 0.2) is 0 Å². The van der Waals surface area contributed by atoms with E-state index in [1.54, 1.807) is 0 Å². The van der Waals surface area contributed by atoms with Crippen LogP contribution in [0, 0.1) is 6.92 Å². The summed E-state index contributed by atoms with van der Waals surface area (Å²) in [5.74, 6) is 2.34. The van der Waals surface area contributed by atoms with Crippen LogP contribution in [0.1, 0.15) is 58.2 Å². The SMILES string of the molecule is Cc1cc(-n2c3ccc(-c4ccccc4)cc3c3ccc(Oc4cccc(N5CN(c6cc(C(C)(C)C)cc(C(C)(C)C)c6)c6c(-c7ccccc7)cccc65)c4)cc32)ncc1-c1cccc(-n2c3ccccc3c3ccccc32)c1. The second-order valence-electron chi connectivity index (χ2n) is 23.8. The van der Waals surface area contributed by atoms with Gasteiger partial charge in [-0.1, -0.05) is 181 Å². The van der Waals surface area contributed by atoms with E-state index in [4.69, 9.17) is 9.72 Å². The van der Waals surface area contributed by atoms with E-state index in [2.05, 4.69) is 304 Å². The van der Waals surface area contributed by atoms with Crippen LogP contribution >= 0.6 is 0 Å². The summed E-state index contributed by atoms with van der Waals surface area (Å²) in [7, 11) is 0. The number of pyridine rings is 1. The third-order valence-electron chi connectivity index (χ3n) is 16.4. The van der Waals surface area contributed by atoms with Crippen LogP contribution in [0.5, 0.6) is 11.5 Å². The number of nitrogens with zero attached hydrogens (tertiary/aromatic N) is 5. The maximum absolute atomic E-state index is 6.99. The monoisotopic (exact) mass is 1050 g/mol. The lowest BCUT2D eigenvalue weighted by molar-refractivity contribution is 0.483. The molecule has 0 radical (unpaired) electrons. The molecule has 0 atom stereocenters. The summed E-state index contributed by atoms with van der Waals surface area (Å²) in [5.41, 5.74) is 20.8. The second-order valence-corrected chi connectivity index (χ2v) is 23.8. The molecule has 0 saturated heterocycles. The van der Waals surface area contributed by atoms with Crippen molar-refractivity contribution in [3.05, 3.63) is 259 Å². The molecule has 13 aromatic rings. The molecule has 14 rings (SSSR count). The van der Waals surface area contributed by atoms with Gasteiger partial charge in [-0.2, -0.15) is 0 Å². The third kappa shape index (κ3) is 8.79. The van der Waals surface area contributed by atoms with E-state index in [-0.39, 0.29) is 10.8 Å². The van der Waals surface area contributed by atoms with Gasteiger partial charge in [-0.05, 0) is 142 Å². The molecule has 0 spiro atoms. The van der Waals surface area contributed by atoms with E-state index in [1.807, 2.05) is 6.20 Å². The molecule has 0 aliphatic carbocycles. The summed E-state index contributed by atoms with van der Waals surface area (Å²) in [6.07, 6.45) is 2.04. The average molecular weight is 1050 g/mol. The van der Waals surface area contributed by atoms with Crippen molar-refractivity contribution in [2.24, 2.45) is 0 Å². The molecule has 0 bridgehead atoms. The number of aryl methyl sites for hydroxylation is 1. The van der Waals surface area contributed by atoms with Crippen molar-refractivity contribution >= 4 is 66.4 Å². The fourth-order valence-electron chi connectivity index (χ4n) is 12.2. The van der Waals surface area contributed by atoms with E-state index in [0.717, 1.165) is 78.4 Å². The highest BCUT2D eigenvalue weighted by Gasteiger charge is 2.33. The summed E-state index contributed by atoms with van der Waals surface area (Å²) < 4.78 is 11.7. The molecule has 6 heteroatoms. The van der Waals surface area contributed by atoms with Crippen LogP contribution in [0.15, 0.2) is 243 Å². The number of para-hydroxylation sites is 3. The summed E-state index contributed by atoms with van der Waals surface area (Å²) >= 11 is 0. The van der Waals surface area contributed by atoms with Crippen molar-refractivity contribution in [3.8, 4) is 56.4 Å². The lowest BCUT2D eigenvalue weighted by atomic mass is 9.80. The smallest absolute Gasteiger partial charge is 0.137 e. The number of rotatable bonds is 9. The zero-order chi connectivity index (χ0) is 55.1. The van der Waals surface area contributed by atoms with E-state index >= 15 is 0 Å². The van der Waals surface area contributed by atoms with Gasteiger partial charge in [0, 0.05) is 68.1 Å². The normalized spacial score (nSPS) is 12.8. The minimum atomic E-state index is -0.0324. The molecule has 1 aliphatic heterocycles. The van der Waals surface area contributed by atoms with Gasteiger partial charge in [-0.15, -0.1) is 0 Å². The lowest BCUT2D eigenvalue weighted by Crippen LogP contribution is -2.25. The van der Waals surface area contributed by atoms with Crippen molar-refractivity contribution in [2.45, 2.75) is 59.3 Å². The molecule has 3 aromatic heterocycles. The first-order valence-corrected chi connectivity index (χ1v) is 28.2. The molecule has 0 saturated carbocycles. The highest BCUT2D eigenvalue weighted by molar-refractivity contribution is 6.11. The first-order chi connectivity index (χ1) is 39.3. The van der Waals surface area contributed by atoms with E-state index in [1.165, 1.54) is 61.0 Å². The predicted octanol–water partition coefficient (Wildman–Crippen LogP) is 20.2. The van der Waals surface area contributed by atoms with E-state index in [0.29, 0.717) is 6.67 Å². The average Bonchev–Trinajstić information content (AvgIpc) is 4.00. The van der Waals surface area contributed by atoms with Gasteiger partial charge < -0.3 is 19.1 Å². The Balaban J connectivity index is 0.846. The van der Waals surface area contributed by atoms with Crippen molar-refractivity contribution in [2.75, 3.05) is 16.5 Å². The molecule has 0 fully saturated rings. The minimum absolute atomic E-state index is 0.0324. The minimum Gasteiger partial charge on any atom is -0.457 e. The molecule has 0 N–H and O–H groups in total. The summed E-state index contributed by atoms with van der Waals surface area (Å²) in [6, 6.07) is 85.6. The molecule has 4 heterocycles. The third-order valence-corrected chi connectivity index (χ3v) is 16.4. The highest BCUT2D eigenvalue weighted by atomic mass is 16.5. The van der Waals surface area contributed by atoms with Gasteiger partial charge >= 0.3 is 0 Å². The fraction of sp³-hybridized carbons (Fsp3) is 0.133. The molecular weight excluding hydrogens is 987 g/mol. The van der Waals surface area contributed by atoms with Crippen LogP contribution in [-0.2, 0) is 10.8 Å². The van der Waals surface area contributed by atoms with Gasteiger partial charge in [0.1, 0.15) is 24.0 Å². The molecule has 6 nitrogen and oxygen atoms in total. The Hall–Kier alpha value is -9.65. The quantitative estimate of drug-likeness (QED) is 0.144. The number of ether oxygens (including phenoxy) is 1. The first-order valence-electron chi connectivity index (χ1n) is 28.2. The zero-order valence-electron chi connectivity index (χ0n) is 46.9. The molecular formula is C75H63N5O. The Kier molecular flexibility index (Phi) is 11.8. The summed E-state index contributed by atoms with van der Waals surface area (Å²) in [5, 5.41) is 4.77. The number of aromatic nitrogens is 3. The molecule has 394 valence electrons. The van der Waals surface area contributed by atoms with Crippen LogP contribution in [0.3, 0.4) is 0 Å². The fourth-order valence-corrected chi connectivity index (χ4v) is 12.2. The Labute approximate surface area is 474 Å². The topological polar surface area (TPSA) is 38.5 Å². The van der Waals surface area contributed by atoms with Crippen molar-refractivity contribution in [1.29, 1.82) is 0 Å². The van der Waals surface area contributed by atoms with Crippen LogP contribution < -0.4 is 14.5 Å². The van der Waals surface area contributed by atoms with Crippen molar-refractivity contribution in [1.82, 2.24) is 14.1 Å². The number of fused-ring (bicyclic) bond motifs is 7. The lowest BCUT2D eigenvalue weighted by Gasteiger charge is -2.30. The van der Waals surface area contributed by atoms with Crippen LogP contribution in [0.4, 0.5) is 22.7 Å². The number of hydrogen-bond acceptors (Lipinski definition) is 4. The number of hydrogen-bond donors (Lipinski definition) is 0. The van der Waals surface area contributed by atoms with Gasteiger partial charge in [-0.25, -0.2) is 4.98 Å². The van der Waals surface area contributed by atoms with Crippen LogP contribution in [0.2, 0.25) is 0 Å². The maximum atomic E-state index is 6.99. The number of benzene rings is 10. The van der Waals surface area contributed by atoms with Crippen LogP contribution in [-0.4, -0.2) is 20.8 Å². The molecule has 0 unspecified atom stereocenters. The zero-order valence-corrected chi connectivity index (χ0v) is 46.9. The van der Waals surface area contributed by atoms with Crippen molar-refractivity contribution in [3.63, 3.8) is 0 Å². The van der Waals surface area contributed by atoms with Gasteiger partial charge in [0.25, 0.3) is 0 Å². The Morgan fingerprint density at radius 3 is 1.69 bits per heavy atom. The van der Waals surface area contributed by atoms with Crippen LogP contribution in [0.25, 0.3) is 88.5 Å². The Bertz CT molecular complexity index is 4490. The Morgan fingerprint density at radius 1 is 0.383 bits per heavy atom. The standard InChI is InChI=1S/C75H63N5O/c1-49-39-72(76-47-66(49)53-25-18-27-57(40-53)79-67-32-16-14-29-62(67)63-30-15-17-33-68(63)79)80-69-38-35-52(50-21-10-8-11-22-50)41-65(69)64-37-36-60(46-71(64)80)81-59-28-19-26-56(45-59)77-48-78(58-43-54(74(2,3)4)42-55(44-58)75(5,6)7)73-61(31-20-34-70(73)77)51-23-12-9-13-24-51/h8-47H,48H2,1-7H3. The number of anilines is 4.